The molecular formula is C25H25N3O2S. The highest BCUT2D eigenvalue weighted by Gasteiger charge is 2.33. The summed E-state index contributed by atoms with van der Waals surface area (Å²) in [6, 6.07) is 17.5. The topological polar surface area (TPSA) is 62.4 Å². The third kappa shape index (κ3) is 3.99. The molecule has 1 aliphatic rings. The first-order chi connectivity index (χ1) is 14.9. The highest BCUT2D eigenvalue weighted by atomic mass is 32.1. The van der Waals surface area contributed by atoms with Gasteiger partial charge in [0, 0.05) is 16.9 Å². The maximum atomic E-state index is 13.5. The lowest BCUT2D eigenvalue weighted by atomic mass is 9.90. The number of hydrogen-bond acceptors (Lipinski definition) is 3. The standard InChI is InChI=1S/C25H25N3O2S/c1-14-9-11-19(15(2)13-14)27-24(29)21-16(3)26-25(31)28-23(21)22-18-8-6-5-7-17(18)10-12-20(22)30-4/h5-13,23H,1-4H3,(H,27,29)(H2,26,28,31). The Hall–Kier alpha value is -3.38. The molecule has 3 aromatic carbocycles. The molecule has 0 saturated heterocycles. The Kier molecular flexibility index (Phi) is 5.65. The van der Waals surface area contributed by atoms with E-state index < -0.39 is 6.04 Å². The lowest BCUT2D eigenvalue weighted by Crippen LogP contribution is -2.46. The summed E-state index contributed by atoms with van der Waals surface area (Å²) in [5.41, 5.74) is 5.12. The van der Waals surface area contributed by atoms with Gasteiger partial charge in [0.05, 0.1) is 18.7 Å². The molecule has 0 saturated carbocycles. The number of benzene rings is 3. The van der Waals surface area contributed by atoms with Crippen LogP contribution < -0.4 is 20.7 Å². The maximum absolute atomic E-state index is 13.5. The van der Waals surface area contributed by atoms with Crippen LogP contribution in [-0.2, 0) is 4.79 Å². The number of allylic oxidation sites excluding steroid dienone is 1. The Bertz CT molecular complexity index is 1230. The second-order valence-electron chi connectivity index (χ2n) is 7.75. The number of hydrogen-bond donors (Lipinski definition) is 3. The molecule has 158 valence electrons. The normalized spacial score (nSPS) is 16.0. The average Bonchev–Trinajstić information content (AvgIpc) is 2.74. The van der Waals surface area contributed by atoms with E-state index in [1.165, 1.54) is 0 Å². The zero-order chi connectivity index (χ0) is 22.1. The summed E-state index contributed by atoms with van der Waals surface area (Å²) in [6.45, 7) is 5.89. The number of aryl methyl sites for hydroxylation is 2. The van der Waals surface area contributed by atoms with E-state index in [9.17, 15) is 4.79 Å². The molecule has 0 aromatic heterocycles. The number of carbonyl (C=O) groups excluding carboxylic acids is 1. The van der Waals surface area contributed by atoms with E-state index in [1.54, 1.807) is 7.11 Å². The Morgan fingerprint density at radius 2 is 1.84 bits per heavy atom. The first kappa shape index (κ1) is 20.9. The minimum atomic E-state index is -0.458. The molecule has 1 atom stereocenters. The number of amides is 1. The van der Waals surface area contributed by atoms with E-state index in [2.05, 4.69) is 22.0 Å². The van der Waals surface area contributed by atoms with Gasteiger partial charge in [-0.25, -0.2) is 0 Å². The molecule has 1 unspecified atom stereocenters. The molecule has 1 aliphatic heterocycles. The summed E-state index contributed by atoms with van der Waals surface area (Å²) in [5.74, 6) is 0.512. The second-order valence-corrected chi connectivity index (χ2v) is 8.15. The number of methoxy groups -OCH3 is 1. The van der Waals surface area contributed by atoms with Crippen molar-refractivity contribution in [1.29, 1.82) is 0 Å². The van der Waals surface area contributed by atoms with E-state index in [1.807, 2.05) is 69.3 Å². The molecule has 3 aromatic rings. The van der Waals surface area contributed by atoms with Gasteiger partial charge in [0.2, 0.25) is 0 Å². The fraction of sp³-hybridized carbons (Fsp3) is 0.200. The Balaban J connectivity index is 1.83. The zero-order valence-electron chi connectivity index (χ0n) is 18.0. The highest BCUT2D eigenvalue weighted by Crippen LogP contribution is 2.38. The van der Waals surface area contributed by atoms with Crippen LogP contribution in [0.1, 0.15) is 29.7 Å². The van der Waals surface area contributed by atoms with Crippen LogP contribution in [-0.4, -0.2) is 18.1 Å². The van der Waals surface area contributed by atoms with Crippen LogP contribution >= 0.6 is 12.2 Å². The molecule has 0 bridgehead atoms. The monoisotopic (exact) mass is 431 g/mol. The molecule has 0 radical (unpaired) electrons. The van der Waals surface area contributed by atoms with Gasteiger partial charge in [0.25, 0.3) is 5.91 Å². The first-order valence-corrected chi connectivity index (χ1v) is 10.5. The van der Waals surface area contributed by atoms with E-state index in [0.29, 0.717) is 22.1 Å². The first-order valence-electron chi connectivity index (χ1n) is 10.1. The summed E-state index contributed by atoms with van der Waals surface area (Å²) in [7, 11) is 1.64. The number of nitrogens with one attached hydrogen (secondary N) is 3. The van der Waals surface area contributed by atoms with Crippen molar-refractivity contribution >= 4 is 39.7 Å². The number of fused-ring (bicyclic) bond motifs is 1. The van der Waals surface area contributed by atoms with Crippen molar-refractivity contribution in [2.75, 3.05) is 12.4 Å². The van der Waals surface area contributed by atoms with Crippen LogP contribution in [0.4, 0.5) is 5.69 Å². The van der Waals surface area contributed by atoms with Crippen LogP contribution in [0.2, 0.25) is 0 Å². The maximum Gasteiger partial charge on any atom is 0.255 e. The van der Waals surface area contributed by atoms with Gasteiger partial charge in [0.15, 0.2) is 5.11 Å². The van der Waals surface area contributed by atoms with Gasteiger partial charge in [-0.3, -0.25) is 4.79 Å². The van der Waals surface area contributed by atoms with Gasteiger partial charge in [-0.2, -0.15) is 0 Å². The van der Waals surface area contributed by atoms with Crippen molar-refractivity contribution in [1.82, 2.24) is 10.6 Å². The predicted octanol–water partition coefficient (Wildman–Crippen LogP) is 4.90. The smallest absolute Gasteiger partial charge is 0.255 e. The van der Waals surface area contributed by atoms with Crippen LogP contribution in [0.3, 0.4) is 0 Å². The molecular weight excluding hydrogens is 406 g/mol. The molecule has 5 nitrogen and oxygen atoms in total. The van der Waals surface area contributed by atoms with Gasteiger partial charge in [0.1, 0.15) is 5.75 Å². The fourth-order valence-electron chi connectivity index (χ4n) is 4.11. The molecule has 31 heavy (non-hydrogen) atoms. The van der Waals surface area contributed by atoms with Crippen LogP contribution in [0.25, 0.3) is 10.8 Å². The zero-order valence-corrected chi connectivity index (χ0v) is 18.8. The number of thiocarbonyl (C=S) groups is 1. The predicted molar refractivity (Wildman–Crippen MR) is 129 cm³/mol. The van der Waals surface area contributed by atoms with E-state index >= 15 is 0 Å². The van der Waals surface area contributed by atoms with Crippen molar-refractivity contribution in [2.24, 2.45) is 0 Å². The van der Waals surface area contributed by atoms with E-state index in [4.69, 9.17) is 17.0 Å². The summed E-state index contributed by atoms with van der Waals surface area (Å²) < 4.78 is 5.70. The third-order valence-electron chi connectivity index (χ3n) is 5.58. The van der Waals surface area contributed by atoms with Crippen LogP contribution in [0.5, 0.6) is 5.75 Å². The van der Waals surface area contributed by atoms with Gasteiger partial charge >= 0.3 is 0 Å². The lowest BCUT2D eigenvalue weighted by molar-refractivity contribution is -0.113. The van der Waals surface area contributed by atoms with Crippen LogP contribution in [0.15, 0.2) is 65.9 Å². The molecule has 0 spiro atoms. The minimum Gasteiger partial charge on any atom is -0.496 e. The Morgan fingerprint density at radius 1 is 1.06 bits per heavy atom. The average molecular weight is 432 g/mol. The van der Waals surface area contributed by atoms with Gasteiger partial charge in [-0.15, -0.1) is 0 Å². The van der Waals surface area contributed by atoms with Gasteiger partial charge < -0.3 is 20.7 Å². The van der Waals surface area contributed by atoms with Crippen molar-refractivity contribution in [2.45, 2.75) is 26.8 Å². The summed E-state index contributed by atoms with van der Waals surface area (Å²) >= 11 is 5.44. The van der Waals surface area contributed by atoms with Crippen molar-refractivity contribution < 1.29 is 9.53 Å². The SMILES string of the molecule is COc1ccc2ccccc2c1C1NC(=S)NC(C)=C1C(=O)Nc1ccc(C)cc1C. The molecule has 1 amide bonds. The molecule has 0 aliphatic carbocycles. The minimum absolute atomic E-state index is 0.188. The fourth-order valence-corrected chi connectivity index (χ4v) is 4.38. The van der Waals surface area contributed by atoms with E-state index in [0.717, 1.165) is 33.2 Å². The number of carbonyl (C=O) groups is 1. The van der Waals surface area contributed by atoms with Crippen molar-refractivity contribution in [3.63, 3.8) is 0 Å². The van der Waals surface area contributed by atoms with Crippen molar-refractivity contribution in [3.05, 3.63) is 82.6 Å². The Labute approximate surface area is 187 Å². The van der Waals surface area contributed by atoms with Crippen LogP contribution in [0, 0.1) is 13.8 Å². The largest absolute Gasteiger partial charge is 0.496 e. The second kappa shape index (κ2) is 8.40. The lowest BCUT2D eigenvalue weighted by Gasteiger charge is -2.32. The van der Waals surface area contributed by atoms with Gasteiger partial charge in [-0.05, 0) is 61.5 Å². The summed E-state index contributed by atoms with van der Waals surface area (Å²) in [4.78, 5) is 13.5. The third-order valence-corrected chi connectivity index (χ3v) is 5.80. The summed E-state index contributed by atoms with van der Waals surface area (Å²) in [6.07, 6.45) is 0. The molecule has 1 heterocycles. The molecule has 3 N–H and O–H groups in total. The summed E-state index contributed by atoms with van der Waals surface area (Å²) in [5, 5.41) is 12.0. The Morgan fingerprint density at radius 3 is 2.58 bits per heavy atom. The number of rotatable bonds is 4. The van der Waals surface area contributed by atoms with Crippen molar-refractivity contribution in [3.8, 4) is 5.75 Å². The number of ether oxygens (including phenoxy) is 1. The quantitative estimate of drug-likeness (QED) is 0.513. The number of anilines is 1. The molecule has 6 heteroatoms. The highest BCUT2D eigenvalue weighted by molar-refractivity contribution is 7.80. The molecule has 0 fully saturated rings. The van der Waals surface area contributed by atoms with E-state index in [-0.39, 0.29) is 5.91 Å². The van der Waals surface area contributed by atoms with Gasteiger partial charge in [-0.1, -0.05) is 48.0 Å². The molecule has 4 rings (SSSR count).